The number of H-pyrrole nitrogens is 1. The van der Waals surface area contributed by atoms with Gasteiger partial charge in [0.1, 0.15) is 17.1 Å². The third kappa shape index (κ3) is 2.81. The lowest BCUT2D eigenvalue weighted by molar-refractivity contribution is -0.0832. The highest BCUT2D eigenvalue weighted by Gasteiger charge is 2.39. The van der Waals surface area contributed by atoms with E-state index in [0.717, 1.165) is 37.4 Å². The van der Waals surface area contributed by atoms with E-state index in [-0.39, 0.29) is 5.60 Å². The maximum atomic E-state index is 11.5. The molecule has 5 heteroatoms. The molecule has 0 aromatic carbocycles. The van der Waals surface area contributed by atoms with Crippen molar-refractivity contribution >= 4 is 5.97 Å². The smallest absolute Gasteiger partial charge is 0.356 e. The van der Waals surface area contributed by atoms with Crippen LogP contribution < -0.4 is 0 Å². The van der Waals surface area contributed by atoms with Crippen molar-refractivity contribution in [2.45, 2.75) is 45.1 Å². The molecular weight excluding hydrogens is 244 g/mol. The molecule has 0 radical (unpaired) electrons. The van der Waals surface area contributed by atoms with Gasteiger partial charge in [-0.15, -0.1) is 0 Å². The number of hydrogen-bond donors (Lipinski definition) is 1. The van der Waals surface area contributed by atoms with E-state index in [2.05, 4.69) is 16.9 Å². The van der Waals surface area contributed by atoms with Crippen LogP contribution in [0.5, 0.6) is 0 Å². The summed E-state index contributed by atoms with van der Waals surface area (Å²) in [6, 6.07) is 0. The first-order valence-corrected chi connectivity index (χ1v) is 6.89. The molecule has 1 aromatic rings. The molecule has 1 aromatic heterocycles. The summed E-state index contributed by atoms with van der Waals surface area (Å²) in [5, 5.41) is 0. The van der Waals surface area contributed by atoms with Gasteiger partial charge < -0.3 is 14.5 Å². The number of imidazole rings is 1. The third-order valence-corrected chi connectivity index (χ3v) is 3.92. The largest absolute Gasteiger partial charge is 0.464 e. The van der Waals surface area contributed by atoms with Crippen LogP contribution in [0.15, 0.2) is 6.20 Å². The maximum Gasteiger partial charge on any atom is 0.356 e. The molecule has 1 saturated carbocycles. The molecule has 1 aliphatic rings. The Bertz CT molecular complexity index is 434. The summed E-state index contributed by atoms with van der Waals surface area (Å²) >= 11 is 0. The lowest BCUT2D eigenvalue weighted by Crippen LogP contribution is -2.35. The Morgan fingerprint density at radius 2 is 2.21 bits per heavy atom. The second-order valence-corrected chi connectivity index (χ2v) is 5.25. The van der Waals surface area contributed by atoms with Crippen molar-refractivity contribution in [3.8, 4) is 0 Å². The molecule has 1 N–H and O–H groups in total. The SMILES string of the molecule is CCOC1(c2ncc(C(=O)OC)[nH]2)CCC(C)CC1. The van der Waals surface area contributed by atoms with E-state index in [0.29, 0.717) is 12.3 Å². The van der Waals surface area contributed by atoms with E-state index in [4.69, 9.17) is 9.47 Å². The average Bonchev–Trinajstić information content (AvgIpc) is 2.91. The minimum atomic E-state index is -0.394. The molecule has 0 aliphatic heterocycles. The molecule has 1 fully saturated rings. The van der Waals surface area contributed by atoms with Crippen molar-refractivity contribution < 1.29 is 14.3 Å². The topological polar surface area (TPSA) is 64.2 Å². The number of hydrogen-bond acceptors (Lipinski definition) is 4. The van der Waals surface area contributed by atoms with Gasteiger partial charge in [-0.05, 0) is 38.5 Å². The van der Waals surface area contributed by atoms with Crippen LogP contribution in [0.3, 0.4) is 0 Å². The first-order chi connectivity index (χ1) is 9.11. The van der Waals surface area contributed by atoms with E-state index >= 15 is 0 Å². The van der Waals surface area contributed by atoms with E-state index in [1.54, 1.807) is 0 Å². The predicted octanol–water partition coefficient (Wildman–Crippen LogP) is 2.64. The van der Waals surface area contributed by atoms with Gasteiger partial charge in [0.2, 0.25) is 0 Å². The lowest BCUT2D eigenvalue weighted by Gasteiger charge is -2.37. The number of rotatable bonds is 4. The number of carbonyl (C=O) groups is 1. The fraction of sp³-hybridized carbons (Fsp3) is 0.714. The summed E-state index contributed by atoms with van der Waals surface area (Å²) in [4.78, 5) is 18.9. The molecule has 106 valence electrons. The minimum Gasteiger partial charge on any atom is -0.464 e. The van der Waals surface area contributed by atoms with Crippen molar-refractivity contribution in [3.05, 3.63) is 17.7 Å². The van der Waals surface area contributed by atoms with E-state index in [1.807, 2.05) is 6.92 Å². The van der Waals surface area contributed by atoms with Crippen molar-refractivity contribution in [1.82, 2.24) is 9.97 Å². The second kappa shape index (κ2) is 5.74. The van der Waals surface area contributed by atoms with Crippen LogP contribution in [-0.2, 0) is 15.1 Å². The number of nitrogens with zero attached hydrogens (tertiary/aromatic N) is 1. The van der Waals surface area contributed by atoms with Crippen molar-refractivity contribution in [2.75, 3.05) is 13.7 Å². The van der Waals surface area contributed by atoms with Crippen LogP contribution in [0.25, 0.3) is 0 Å². The summed E-state index contributed by atoms with van der Waals surface area (Å²) in [5.41, 5.74) is 0.0169. The first-order valence-electron chi connectivity index (χ1n) is 6.89. The zero-order valence-corrected chi connectivity index (χ0v) is 11.9. The first kappa shape index (κ1) is 14.1. The Hall–Kier alpha value is -1.36. The molecule has 1 heterocycles. The van der Waals surface area contributed by atoms with Crippen molar-refractivity contribution in [3.63, 3.8) is 0 Å². The fourth-order valence-electron chi connectivity index (χ4n) is 2.72. The number of carbonyl (C=O) groups excluding carboxylic acids is 1. The van der Waals surface area contributed by atoms with Gasteiger partial charge in [0.25, 0.3) is 0 Å². The van der Waals surface area contributed by atoms with Crippen LogP contribution in [-0.4, -0.2) is 29.7 Å². The van der Waals surface area contributed by atoms with E-state index < -0.39 is 5.97 Å². The summed E-state index contributed by atoms with van der Waals surface area (Å²) in [5.74, 6) is 1.08. The number of esters is 1. The standard InChI is InChI=1S/C14H22N2O3/c1-4-19-14(7-5-10(2)6-8-14)13-15-9-11(16-13)12(17)18-3/h9-10H,4-8H2,1-3H3,(H,15,16). The highest BCUT2D eigenvalue weighted by atomic mass is 16.5. The van der Waals surface area contributed by atoms with Gasteiger partial charge in [0, 0.05) is 6.61 Å². The summed E-state index contributed by atoms with van der Waals surface area (Å²) in [6.45, 7) is 4.89. The summed E-state index contributed by atoms with van der Waals surface area (Å²) in [7, 11) is 1.36. The van der Waals surface area contributed by atoms with Gasteiger partial charge in [-0.2, -0.15) is 0 Å². The number of nitrogens with one attached hydrogen (secondary N) is 1. The van der Waals surface area contributed by atoms with Crippen molar-refractivity contribution in [2.24, 2.45) is 5.92 Å². The van der Waals surface area contributed by atoms with Crippen LogP contribution in [0.2, 0.25) is 0 Å². The van der Waals surface area contributed by atoms with Crippen LogP contribution in [0.4, 0.5) is 0 Å². The third-order valence-electron chi connectivity index (χ3n) is 3.92. The Kier molecular flexibility index (Phi) is 4.24. The van der Waals surface area contributed by atoms with E-state index in [9.17, 15) is 4.79 Å². The van der Waals surface area contributed by atoms with Gasteiger partial charge in [-0.1, -0.05) is 6.92 Å². The summed E-state index contributed by atoms with van der Waals surface area (Å²) in [6.07, 6.45) is 5.65. The Labute approximate surface area is 113 Å². The molecule has 5 nitrogen and oxygen atoms in total. The van der Waals surface area contributed by atoms with Crippen LogP contribution >= 0.6 is 0 Å². The highest BCUT2D eigenvalue weighted by molar-refractivity contribution is 5.86. The maximum absolute atomic E-state index is 11.5. The zero-order chi connectivity index (χ0) is 13.9. The molecule has 0 saturated heterocycles. The van der Waals surface area contributed by atoms with Gasteiger partial charge in [0.15, 0.2) is 0 Å². The number of methoxy groups -OCH3 is 1. The number of aromatic amines is 1. The van der Waals surface area contributed by atoms with Gasteiger partial charge in [-0.25, -0.2) is 9.78 Å². The Morgan fingerprint density at radius 1 is 1.53 bits per heavy atom. The normalized spacial score (nSPS) is 27.2. The van der Waals surface area contributed by atoms with Gasteiger partial charge in [0.05, 0.1) is 13.3 Å². The summed E-state index contributed by atoms with van der Waals surface area (Å²) < 4.78 is 10.7. The predicted molar refractivity (Wildman–Crippen MR) is 70.9 cm³/mol. The minimum absolute atomic E-state index is 0.368. The van der Waals surface area contributed by atoms with Crippen LogP contribution in [0, 0.1) is 5.92 Å². The molecule has 0 unspecified atom stereocenters. The number of ether oxygens (including phenoxy) is 2. The Morgan fingerprint density at radius 3 is 2.79 bits per heavy atom. The molecule has 0 amide bonds. The molecular formula is C14H22N2O3. The molecule has 0 spiro atoms. The van der Waals surface area contributed by atoms with E-state index in [1.165, 1.54) is 13.3 Å². The van der Waals surface area contributed by atoms with Crippen molar-refractivity contribution in [1.29, 1.82) is 0 Å². The molecule has 0 atom stereocenters. The fourth-order valence-corrected chi connectivity index (χ4v) is 2.72. The van der Waals surface area contributed by atoms with Gasteiger partial charge >= 0.3 is 5.97 Å². The monoisotopic (exact) mass is 266 g/mol. The number of aromatic nitrogens is 2. The Balaban J connectivity index is 2.24. The lowest BCUT2D eigenvalue weighted by atomic mass is 9.79. The van der Waals surface area contributed by atoms with Crippen LogP contribution in [0.1, 0.15) is 55.8 Å². The molecule has 1 aliphatic carbocycles. The molecule has 0 bridgehead atoms. The molecule has 2 rings (SSSR count). The second-order valence-electron chi connectivity index (χ2n) is 5.25. The molecule has 19 heavy (non-hydrogen) atoms. The quantitative estimate of drug-likeness (QED) is 0.851. The van der Waals surface area contributed by atoms with Gasteiger partial charge in [-0.3, -0.25) is 0 Å². The zero-order valence-electron chi connectivity index (χ0n) is 11.9. The highest BCUT2D eigenvalue weighted by Crippen LogP contribution is 2.41. The average molecular weight is 266 g/mol.